The molecule has 0 aliphatic carbocycles. The third-order valence-electron chi connectivity index (χ3n) is 3.36. The number of nitrogens with two attached hydrogens (primary N) is 1. The molecule has 100 valence electrons. The largest absolute Gasteiger partial charge is 0.494 e. The molecule has 1 aliphatic rings. The molecule has 1 aromatic rings. The summed E-state index contributed by atoms with van der Waals surface area (Å²) >= 11 is 0. The number of methoxy groups -OCH3 is 1. The van der Waals surface area contributed by atoms with E-state index in [0.717, 1.165) is 26.1 Å². The van der Waals surface area contributed by atoms with Crippen LogP contribution in [0, 0.1) is 5.82 Å². The number of hydrogen-bond donors (Lipinski definition) is 2. The molecule has 1 fully saturated rings. The van der Waals surface area contributed by atoms with Crippen molar-refractivity contribution in [2.24, 2.45) is 0 Å². The van der Waals surface area contributed by atoms with Gasteiger partial charge >= 0.3 is 0 Å². The van der Waals surface area contributed by atoms with E-state index in [1.165, 1.54) is 13.2 Å². The van der Waals surface area contributed by atoms with Gasteiger partial charge in [-0.1, -0.05) is 0 Å². The van der Waals surface area contributed by atoms with Gasteiger partial charge in [0.1, 0.15) is 0 Å². The van der Waals surface area contributed by atoms with E-state index in [-0.39, 0.29) is 11.3 Å². The van der Waals surface area contributed by atoms with Crippen molar-refractivity contribution < 1.29 is 13.9 Å². The topological polar surface area (TPSA) is 56.5 Å². The Morgan fingerprint density at radius 2 is 2.06 bits per heavy atom. The van der Waals surface area contributed by atoms with Gasteiger partial charge in [-0.25, -0.2) is 4.39 Å². The maximum Gasteiger partial charge on any atom is 0.167 e. The molecule has 0 aromatic heterocycles. The Labute approximate surface area is 106 Å². The molecule has 1 aliphatic heterocycles. The van der Waals surface area contributed by atoms with E-state index in [4.69, 9.17) is 15.2 Å². The molecule has 0 amide bonds. The van der Waals surface area contributed by atoms with Crippen LogP contribution in [0.4, 0.5) is 15.8 Å². The lowest BCUT2D eigenvalue weighted by atomic mass is 9.92. The Morgan fingerprint density at radius 1 is 1.39 bits per heavy atom. The second-order valence-corrected chi connectivity index (χ2v) is 4.87. The predicted octanol–water partition coefficient (Wildman–Crippen LogP) is 2.40. The molecular weight excluding hydrogens is 235 g/mol. The third-order valence-corrected chi connectivity index (χ3v) is 3.36. The van der Waals surface area contributed by atoms with E-state index in [2.05, 4.69) is 12.2 Å². The second kappa shape index (κ2) is 5.02. The fraction of sp³-hybridized carbons (Fsp3) is 0.538. The van der Waals surface area contributed by atoms with Crippen LogP contribution in [0.5, 0.6) is 5.75 Å². The molecular formula is C13H19FN2O2. The smallest absolute Gasteiger partial charge is 0.167 e. The minimum Gasteiger partial charge on any atom is -0.494 e. The van der Waals surface area contributed by atoms with Gasteiger partial charge in [-0.3, -0.25) is 0 Å². The van der Waals surface area contributed by atoms with E-state index in [9.17, 15) is 4.39 Å². The van der Waals surface area contributed by atoms with E-state index in [0.29, 0.717) is 11.4 Å². The zero-order valence-electron chi connectivity index (χ0n) is 10.8. The first-order valence-electron chi connectivity index (χ1n) is 6.03. The summed E-state index contributed by atoms with van der Waals surface area (Å²) in [5, 5.41) is 3.38. The first-order valence-corrected chi connectivity index (χ1v) is 6.03. The Kier molecular flexibility index (Phi) is 3.61. The monoisotopic (exact) mass is 254 g/mol. The minimum atomic E-state index is -0.447. The van der Waals surface area contributed by atoms with Gasteiger partial charge in [0.25, 0.3) is 0 Å². The van der Waals surface area contributed by atoms with E-state index in [1.54, 1.807) is 6.07 Å². The Balaban J connectivity index is 2.22. The number of ether oxygens (including phenoxy) is 2. The molecule has 3 N–H and O–H groups in total. The maximum atomic E-state index is 13.5. The van der Waals surface area contributed by atoms with Gasteiger partial charge in [0.2, 0.25) is 0 Å². The first kappa shape index (κ1) is 13.0. The van der Waals surface area contributed by atoms with Crippen LogP contribution >= 0.6 is 0 Å². The van der Waals surface area contributed by atoms with Crippen LogP contribution in [0.15, 0.2) is 12.1 Å². The lowest BCUT2D eigenvalue weighted by Crippen LogP contribution is -2.40. The highest BCUT2D eigenvalue weighted by atomic mass is 19.1. The fourth-order valence-corrected chi connectivity index (χ4v) is 2.11. The lowest BCUT2D eigenvalue weighted by Gasteiger charge is -2.35. The summed E-state index contributed by atoms with van der Waals surface area (Å²) in [6.45, 7) is 3.56. The molecule has 5 heteroatoms. The van der Waals surface area contributed by atoms with Gasteiger partial charge in [0, 0.05) is 30.9 Å². The van der Waals surface area contributed by atoms with Crippen LogP contribution in [-0.2, 0) is 4.74 Å². The summed E-state index contributed by atoms with van der Waals surface area (Å²) in [6.07, 6.45) is 1.79. The summed E-state index contributed by atoms with van der Waals surface area (Å²) < 4.78 is 23.8. The molecule has 0 bridgehead atoms. The van der Waals surface area contributed by atoms with Crippen molar-refractivity contribution >= 4 is 11.4 Å². The van der Waals surface area contributed by atoms with Crippen LogP contribution < -0.4 is 15.8 Å². The number of halogens is 1. The SMILES string of the molecule is COc1cc(NC2(C)CCOCC2)c(N)cc1F. The molecule has 0 radical (unpaired) electrons. The number of hydrogen-bond acceptors (Lipinski definition) is 4. The zero-order chi connectivity index (χ0) is 13.2. The highest BCUT2D eigenvalue weighted by molar-refractivity contribution is 5.69. The molecule has 2 rings (SSSR count). The van der Waals surface area contributed by atoms with Crippen molar-refractivity contribution in [3.8, 4) is 5.75 Å². The first-order chi connectivity index (χ1) is 8.54. The number of nitrogens with one attached hydrogen (secondary N) is 1. The molecule has 18 heavy (non-hydrogen) atoms. The van der Waals surface area contributed by atoms with Crippen LogP contribution in [0.25, 0.3) is 0 Å². The number of rotatable bonds is 3. The molecule has 1 heterocycles. The molecule has 4 nitrogen and oxygen atoms in total. The van der Waals surface area contributed by atoms with Gasteiger partial charge in [0.15, 0.2) is 11.6 Å². The van der Waals surface area contributed by atoms with Crippen LogP contribution in [-0.4, -0.2) is 25.9 Å². The molecule has 0 spiro atoms. The molecule has 1 saturated heterocycles. The van der Waals surface area contributed by atoms with Crippen molar-refractivity contribution in [1.29, 1.82) is 0 Å². The Morgan fingerprint density at radius 3 is 2.67 bits per heavy atom. The van der Waals surface area contributed by atoms with E-state index >= 15 is 0 Å². The summed E-state index contributed by atoms with van der Waals surface area (Å²) in [4.78, 5) is 0. The molecule has 0 atom stereocenters. The Hall–Kier alpha value is -1.49. The van der Waals surface area contributed by atoms with E-state index in [1.807, 2.05) is 0 Å². The van der Waals surface area contributed by atoms with Gasteiger partial charge in [-0.05, 0) is 19.8 Å². The van der Waals surface area contributed by atoms with Crippen LogP contribution in [0.1, 0.15) is 19.8 Å². The lowest BCUT2D eigenvalue weighted by molar-refractivity contribution is 0.0658. The van der Waals surface area contributed by atoms with E-state index < -0.39 is 5.82 Å². The second-order valence-electron chi connectivity index (χ2n) is 4.87. The highest BCUT2D eigenvalue weighted by Crippen LogP contribution is 2.32. The molecule has 0 saturated carbocycles. The van der Waals surface area contributed by atoms with Crippen LogP contribution in [0.2, 0.25) is 0 Å². The highest BCUT2D eigenvalue weighted by Gasteiger charge is 2.28. The van der Waals surface area contributed by atoms with Gasteiger partial charge in [0.05, 0.1) is 18.5 Å². The summed E-state index contributed by atoms with van der Waals surface area (Å²) in [7, 11) is 1.44. The Bertz CT molecular complexity index is 431. The third kappa shape index (κ3) is 2.67. The van der Waals surface area contributed by atoms with Crippen molar-refractivity contribution in [3.63, 3.8) is 0 Å². The molecule has 1 aromatic carbocycles. The quantitative estimate of drug-likeness (QED) is 0.813. The minimum absolute atomic E-state index is 0.0742. The number of benzene rings is 1. The summed E-state index contributed by atoms with van der Waals surface area (Å²) in [6, 6.07) is 2.88. The van der Waals surface area contributed by atoms with Gasteiger partial charge in [-0.2, -0.15) is 0 Å². The normalized spacial score (nSPS) is 18.4. The number of nitrogen functional groups attached to an aromatic ring is 1. The van der Waals surface area contributed by atoms with Gasteiger partial charge in [-0.15, -0.1) is 0 Å². The van der Waals surface area contributed by atoms with Crippen molar-refractivity contribution in [3.05, 3.63) is 17.9 Å². The zero-order valence-corrected chi connectivity index (χ0v) is 10.8. The van der Waals surface area contributed by atoms with Crippen molar-refractivity contribution in [1.82, 2.24) is 0 Å². The average molecular weight is 254 g/mol. The standard InChI is InChI=1S/C13H19FN2O2/c1-13(3-5-18-6-4-13)16-11-8-12(17-2)9(14)7-10(11)15/h7-8,16H,3-6,15H2,1-2H3. The predicted molar refractivity (Wildman–Crippen MR) is 69.4 cm³/mol. The number of anilines is 2. The molecule has 0 unspecified atom stereocenters. The fourth-order valence-electron chi connectivity index (χ4n) is 2.11. The van der Waals surface area contributed by atoms with Crippen molar-refractivity contribution in [2.75, 3.05) is 31.4 Å². The van der Waals surface area contributed by atoms with Crippen LogP contribution in [0.3, 0.4) is 0 Å². The van der Waals surface area contributed by atoms with Gasteiger partial charge < -0.3 is 20.5 Å². The summed E-state index contributed by atoms with van der Waals surface area (Å²) in [5.74, 6) is -0.250. The summed E-state index contributed by atoms with van der Waals surface area (Å²) in [5.41, 5.74) is 6.85. The maximum absolute atomic E-state index is 13.5. The average Bonchev–Trinajstić information content (AvgIpc) is 2.33. The van der Waals surface area contributed by atoms with Crippen molar-refractivity contribution in [2.45, 2.75) is 25.3 Å².